The van der Waals surface area contributed by atoms with Crippen LogP contribution >= 0.6 is 0 Å². The van der Waals surface area contributed by atoms with Gasteiger partial charge in [-0.1, -0.05) is 13.8 Å². The standard InChI is InChI=1S/C38H43N9O3/c1-26(2)33-21-28(11-15-39-33)35-31-22-29(7-10-32(31)43-44-35)42-37(49)38(25-50-3)12-16-45(24-38)23-34(48)47-19-17-46(18-20-47)30-8-5-27(6-9-30)36-40-13-4-14-41-36/h4-11,13-15,21-22,26H,12,16-20,23-25H2,1-3H3,(H,42,49)(H,43,44). The lowest BCUT2D eigenvalue weighted by Crippen LogP contribution is -2.51. The van der Waals surface area contributed by atoms with Crippen LogP contribution in [0.2, 0.25) is 0 Å². The van der Waals surface area contributed by atoms with Crippen LogP contribution in [0.1, 0.15) is 31.9 Å². The van der Waals surface area contributed by atoms with Crippen molar-refractivity contribution in [3.8, 4) is 22.6 Å². The van der Waals surface area contributed by atoms with Gasteiger partial charge in [0.05, 0.1) is 24.1 Å². The highest BCUT2D eigenvalue weighted by Gasteiger charge is 2.45. The van der Waals surface area contributed by atoms with Gasteiger partial charge in [-0.15, -0.1) is 0 Å². The molecule has 2 fully saturated rings. The number of nitrogens with one attached hydrogen (secondary N) is 2. The Balaban J connectivity index is 0.961. The number of piperazine rings is 1. The highest BCUT2D eigenvalue weighted by molar-refractivity contribution is 6.00. The third kappa shape index (κ3) is 6.94. The summed E-state index contributed by atoms with van der Waals surface area (Å²) in [5.41, 5.74) is 5.68. The molecule has 2 amide bonds. The number of carbonyl (C=O) groups excluding carboxylic acids is 2. The van der Waals surface area contributed by atoms with Crippen molar-refractivity contribution in [3.05, 3.63) is 84.9 Å². The zero-order valence-electron chi connectivity index (χ0n) is 28.8. The summed E-state index contributed by atoms with van der Waals surface area (Å²) in [5.74, 6) is 0.979. The predicted octanol–water partition coefficient (Wildman–Crippen LogP) is 4.83. The smallest absolute Gasteiger partial charge is 0.236 e. The molecule has 258 valence electrons. The van der Waals surface area contributed by atoms with E-state index < -0.39 is 5.41 Å². The number of rotatable bonds is 10. The van der Waals surface area contributed by atoms with Gasteiger partial charge in [-0.3, -0.25) is 24.6 Å². The van der Waals surface area contributed by atoms with Crippen molar-refractivity contribution in [2.45, 2.75) is 26.2 Å². The van der Waals surface area contributed by atoms with Gasteiger partial charge >= 0.3 is 0 Å². The number of pyridine rings is 1. The van der Waals surface area contributed by atoms with Crippen molar-refractivity contribution in [2.24, 2.45) is 5.41 Å². The molecule has 2 N–H and O–H groups in total. The SMILES string of the molecule is COCC1(C(=O)Nc2ccc3[nH]nc(-c4ccnc(C(C)C)c4)c3c2)CCN(CC(=O)N2CCN(c3ccc(-c4ncccn4)cc3)CC2)C1. The molecule has 0 aliphatic carbocycles. The molecule has 5 heterocycles. The number of nitrogens with zero attached hydrogens (tertiary/aromatic N) is 7. The van der Waals surface area contributed by atoms with Crippen molar-refractivity contribution in [1.29, 1.82) is 0 Å². The van der Waals surface area contributed by atoms with Crippen LogP contribution in [0.3, 0.4) is 0 Å². The molecule has 0 radical (unpaired) electrons. The summed E-state index contributed by atoms with van der Waals surface area (Å²) in [6.45, 7) is 8.68. The topological polar surface area (TPSA) is 132 Å². The summed E-state index contributed by atoms with van der Waals surface area (Å²) in [4.78, 5) is 46.8. The number of methoxy groups -OCH3 is 1. The maximum Gasteiger partial charge on any atom is 0.236 e. The molecule has 2 aromatic carbocycles. The first-order valence-electron chi connectivity index (χ1n) is 17.2. The Bertz CT molecular complexity index is 1960. The summed E-state index contributed by atoms with van der Waals surface area (Å²) in [6.07, 6.45) is 5.90. The Labute approximate surface area is 291 Å². The summed E-state index contributed by atoms with van der Waals surface area (Å²) < 4.78 is 5.59. The van der Waals surface area contributed by atoms with Crippen molar-refractivity contribution >= 4 is 34.1 Å². The number of fused-ring (bicyclic) bond motifs is 1. The largest absolute Gasteiger partial charge is 0.384 e. The van der Waals surface area contributed by atoms with E-state index in [0.29, 0.717) is 50.0 Å². The summed E-state index contributed by atoms with van der Waals surface area (Å²) in [7, 11) is 1.62. The Morgan fingerprint density at radius 1 is 0.920 bits per heavy atom. The molecule has 3 aromatic heterocycles. The fourth-order valence-electron chi connectivity index (χ4n) is 7.00. The number of hydrogen-bond acceptors (Lipinski definition) is 9. The number of H-pyrrole nitrogens is 1. The van der Waals surface area contributed by atoms with Gasteiger partial charge in [0.1, 0.15) is 5.69 Å². The van der Waals surface area contributed by atoms with Crippen LogP contribution in [-0.2, 0) is 14.3 Å². The molecule has 7 rings (SSSR count). The third-order valence-electron chi connectivity index (χ3n) is 9.85. The highest BCUT2D eigenvalue weighted by Crippen LogP contribution is 2.34. The van der Waals surface area contributed by atoms with E-state index in [9.17, 15) is 9.59 Å². The van der Waals surface area contributed by atoms with Gasteiger partial charge in [-0.2, -0.15) is 5.10 Å². The fourth-order valence-corrected chi connectivity index (χ4v) is 7.00. The fraction of sp³-hybridized carbons (Fsp3) is 0.368. The Morgan fingerprint density at radius 3 is 2.44 bits per heavy atom. The number of hydrogen-bond donors (Lipinski definition) is 2. The minimum absolute atomic E-state index is 0.0875. The zero-order valence-corrected chi connectivity index (χ0v) is 28.8. The first-order valence-corrected chi connectivity index (χ1v) is 17.2. The number of anilines is 2. The summed E-state index contributed by atoms with van der Waals surface area (Å²) in [6, 6.07) is 19.9. The van der Waals surface area contributed by atoms with Gasteiger partial charge in [0.25, 0.3) is 0 Å². The van der Waals surface area contributed by atoms with Crippen LogP contribution in [0.25, 0.3) is 33.5 Å². The Hall–Kier alpha value is -5.20. The number of benzene rings is 2. The quantitative estimate of drug-likeness (QED) is 0.214. The van der Waals surface area contributed by atoms with Crippen molar-refractivity contribution < 1.29 is 14.3 Å². The number of likely N-dealkylation sites (tertiary alicyclic amines) is 1. The average molecular weight is 674 g/mol. The Kier molecular flexibility index (Phi) is 9.55. The second-order valence-corrected chi connectivity index (χ2v) is 13.6. The van der Waals surface area contributed by atoms with Gasteiger partial charge in [-0.25, -0.2) is 9.97 Å². The first-order chi connectivity index (χ1) is 24.3. The molecule has 0 saturated carbocycles. The zero-order chi connectivity index (χ0) is 34.7. The lowest BCUT2D eigenvalue weighted by atomic mass is 9.87. The lowest BCUT2D eigenvalue weighted by molar-refractivity contribution is -0.133. The van der Waals surface area contributed by atoms with E-state index in [1.165, 1.54) is 0 Å². The second kappa shape index (κ2) is 14.3. The van der Waals surface area contributed by atoms with Gasteiger partial charge in [-0.05, 0) is 79.5 Å². The van der Waals surface area contributed by atoms with Crippen LogP contribution < -0.4 is 10.2 Å². The van der Waals surface area contributed by atoms with E-state index in [1.807, 2.05) is 47.5 Å². The van der Waals surface area contributed by atoms with Crippen LogP contribution in [0.15, 0.2) is 79.3 Å². The maximum atomic E-state index is 13.9. The summed E-state index contributed by atoms with van der Waals surface area (Å²) in [5, 5.41) is 11.8. The minimum Gasteiger partial charge on any atom is -0.384 e. The average Bonchev–Trinajstić information content (AvgIpc) is 3.77. The van der Waals surface area contributed by atoms with Crippen molar-refractivity contribution in [3.63, 3.8) is 0 Å². The number of carbonyl (C=O) groups is 2. The van der Waals surface area contributed by atoms with Crippen LogP contribution in [-0.4, -0.2) is 106 Å². The third-order valence-corrected chi connectivity index (χ3v) is 9.85. The van der Waals surface area contributed by atoms with Crippen molar-refractivity contribution in [1.82, 2.24) is 34.9 Å². The molecule has 5 aromatic rings. The number of ether oxygens (including phenoxy) is 1. The van der Waals surface area contributed by atoms with Crippen molar-refractivity contribution in [2.75, 3.05) is 69.7 Å². The molecule has 12 heteroatoms. The molecule has 50 heavy (non-hydrogen) atoms. The van der Waals surface area contributed by atoms with E-state index in [4.69, 9.17) is 4.74 Å². The number of aromatic nitrogens is 5. The van der Waals surface area contributed by atoms with Crippen LogP contribution in [0, 0.1) is 5.41 Å². The van der Waals surface area contributed by atoms with Crippen LogP contribution in [0.4, 0.5) is 11.4 Å². The molecule has 12 nitrogen and oxygen atoms in total. The van der Waals surface area contributed by atoms with Gasteiger partial charge in [0, 0.05) is 92.0 Å². The Morgan fingerprint density at radius 2 is 1.70 bits per heavy atom. The van der Waals surface area contributed by atoms with E-state index >= 15 is 0 Å². The van der Waals surface area contributed by atoms with Crippen LogP contribution in [0.5, 0.6) is 0 Å². The molecular weight excluding hydrogens is 630 g/mol. The summed E-state index contributed by atoms with van der Waals surface area (Å²) >= 11 is 0. The molecule has 0 spiro atoms. The normalized spacial score (nSPS) is 18.2. The molecule has 1 atom stereocenters. The molecule has 0 bridgehead atoms. The first kappa shape index (κ1) is 33.3. The van der Waals surface area contributed by atoms with Gasteiger partial charge in [0.2, 0.25) is 11.8 Å². The van der Waals surface area contributed by atoms with E-state index in [2.05, 4.69) is 72.3 Å². The number of amides is 2. The minimum atomic E-state index is -0.768. The molecule has 2 saturated heterocycles. The predicted molar refractivity (Wildman–Crippen MR) is 194 cm³/mol. The lowest BCUT2D eigenvalue weighted by Gasteiger charge is -2.37. The molecule has 2 aliphatic heterocycles. The molecule has 2 aliphatic rings. The molecular formula is C38H43N9O3. The van der Waals surface area contributed by atoms with E-state index in [1.54, 1.807) is 25.6 Å². The monoisotopic (exact) mass is 673 g/mol. The molecule has 1 unspecified atom stereocenters. The maximum absolute atomic E-state index is 13.9. The van der Waals surface area contributed by atoms with Gasteiger partial charge in [0.15, 0.2) is 5.82 Å². The van der Waals surface area contributed by atoms with E-state index in [-0.39, 0.29) is 25.0 Å². The highest BCUT2D eigenvalue weighted by atomic mass is 16.5. The second-order valence-electron chi connectivity index (χ2n) is 13.6. The van der Waals surface area contributed by atoms with E-state index in [0.717, 1.165) is 52.2 Å². The van der Waals surface area contributed by atoms with Gasteiger partial charge < -0.3 is 19.9 Å². The number of aromatic amines is 1.